The van der Waals surface area contributed by atoms with Crippen molar-refractivity contribution in [2.24, 2.45) is 11.8 Å². The third kappa shape index (κ3) is 1.81. The minimum atomic E-state index is -1.46. The number of carboxylic acid groups (broad SMARTS) is 1. The van der Waals surface area contributed by atoms with Crippen LogP contribution >= 0.6 is 0 Å². The van der Waals surface area contributed by atoms with Gasteiger partial charge in [-0.2, -0.15) is 0 Å². The Morgan fingerprint density at radius 2 is 2.11 bits per heavy atom. The summed E-state index contributed by atoms with van der Waals surface area (Å²) in [5, 5.41) is 20.0. The van der Waals surface area contributed by atoms with E-state index < -0.39 is 17.5 Å². The number of rotatable bonds is 3. The average molecular weight is 252 g/mol. The highest BCUT2D eigenvalue weighted by atomic mass is 19.1. The van der Waals surface area contributed by atoms with Gasteiger partial charge in [-0.25, -0.2) is 4.39 Å². The van der Waals surface area contributed by atoms with E-state index in [1.165, 1.54) is 12.1 Å². The summed E-state index contributed by atoms with van der Waals surface area (Å²) in [4.78, 5) is 11.4. The summed E-state index contributed by atoms with van der Waals surface area (Å²) in [5.41, 5.74) is -0.576. The summed E-state index contributed by atoms with van der Waals surface area (Å²) < 4.78 is 13.6. The first-order valence-corrected chi connectivity index (χ1v) is 6.11. The van der Waals surface area contributed by atoms with Crippen LogP contribution in [-0.2, 0) is 16.8 Å². The first-order valence-electron chi connectivity index (χ1n) is 6.11. The second kappa shape index (κ2) is 4.35. The molecule has 2 N–H and O–H groups in total. The smallest absolute Gasteiger partial charge is 0.310 e. The van der Waals surface area contributed by atoms with E-state index in [0.29, 0.717) is 17.5 Å². The Balaban J connectivity index is 2.53. The Labute approximate surface area is 105 Å². The Hall–Kier alpha value is -1.42. The molecule has 2 rings (SSSR count). The monoisotopic (exact) mass is 252 g/mol. The Morgan fingerprint density at radius 3 is 2.67 bits per heavy atom. The van der Waals surface area contributed by atoms with Gasteiger partial charge in [0.1, 0.15) is 11.4 Å². The van der Waals surface area contributed by atoms with Crippen LogP contribution in [0.3, 0.4) is 0 Å². The maximum absolute atomic E-state index is 13.6. The van der Waals surface area contributed by atoms with Crippen LogP contribution in [0, 0.1) is 17.7 Å². The number of fused-ring (bicyclic) bond motifs is 1. The molecule has 0 fully saturated rings. The molecule has 0 aromatic heterocycles. The summed E-state index contributed by atoms with van der Waals surface area (Å²) in [6.07, 6.45) is 0.646. The summed E-state index contributed by atoms with van der Waals surface area (Å²) in [6.45, 7) is 3.52. The van der Waals surface area contributed by atoms with Crippen molar-refractivity contribution < 1.29 is 19.4 Å². The minimum absolute atomic E-state index is 0.221. The Bertz CT molecular complexity index is 484. The molecule has 1 aromatic carbocycles. The van der Waals surface area contributed by atoms with Crippen LogP contribution in [0.1, 0.15) is 31.4 Å². The number of carboxylic acids is 1. The largest absolute Gasteiger partial charge is 0.481 e. The van der Waals surface area contributed by atoms with Crippen LogP contribution in [0.2, 0.25) is 0 Å². The van der Waals surface area contributed by atoms with Crippen LogP contribution in [0.15, 0.2) is 18.2 Å². The van der Waals surface area contributed by atoms with E-state index in [1.807, 2.05) is 0 Å². The highest BCUT2D eigenvalue weighted by Gasteiger charge is 2.49. The normalized spacial score (nSPS) is 24.1. The lowest BCUT2D eigenvalue weighted by Gasteiger charge is -2.33. The van der Waals surface area contributed by atoms with Gasteiger partial charge in [-0.05, 0) is 36.0 Å². The fraction of sp³-hybridized carbons (Fsp3) is 0.500. The number of benzene rings is 1. The van der Waals surface area contributed by atoms with E-state index in [-0.39, 0.29) is 18.2 Å². The highest BCUT2D eigenvalue weighted by molar-refractivity contribution is 5.73. The molecule has 2 atom stereocenters. The van der Waals surface area contributed by atoms with Crippen molar-refractivity contribution in [2.75, 3.05) is 0 Å². The summed E-state index contributed by atoms with van der Waals surface area (Å²) in [7, 11) is 0. The van der Waals surface area contributed by atoms with Gasteiger partial charge < -0.3 is 10.2 Å². The number of hydrogen-bond donors (Lipinski definition) is 2. The van der Waals surface area contributed by atoms with Crippen LogP contribution in [0.4, 0.5) is 4.39 Å². The zero-order chi connectivity index (χ0) is 13.5. The molecule has 1 aliphatic rings. The van der Waals surface area contributed by atoms with Crippen LogP contribution in [0.25, 0.3) is 0 Å². The van der Waals surface area contributed by atoms with Crippen LogP contribution < -0.4 is 0 Å². The van der Waals surface area contributed by atoms with Gasteiger partial charge >= 0.3 is 5.97 Å². The predicted octanol–water partition coefficient (Wildman–Crippen LogP) is 2.32. The van der Waals surface area contributed by atoms with Crippen LogP contribution in [0.5, 0.6) is 0 Å². The molecule has 0 saturated heterocycles. The zero-order valence-corrected chi connectivity index (χ0v) is 10.5. The van der Waals surface area contributed by atoms with Gasteiger partial charge in [-0.3, -0.25) is 4.79 Å². The van der Waals surface area contributed by atoms with E-state index >= 15 is 0 Å². The van der Waals surface area contributed by atoms with Gasteiger partial charge in [-0.1, -0.05) is 26.0 Å². The standard InChI is InChI=1S/C14H17FO3/c1-8(2)12(13(16)17)14(18)7-6-9-10(14)4-3-5-11(9)15/h3-5,8,12,18H,6-7H2,1-2H3,(H,16,17). The van der Waals surface area contributed by atoms with Crippen molar-refractivity contribution in [1.82, 2.24) is 0 Å². The molecule has 3 nitrogen and oxygen atoms in total. The molecule has 0 spiro atoms. The van der Waals surface area contributed by atoms with Gasteiger partial charge in [0.25, 0.3) is 0 Å². The van der Waals surface area contributed by atoms with E-state index in [4.69, 9.17) is 0 Å². The lowest BCUT2D eigenvalue weighted by molar-refractivity contribution is -0.156. The number of carbonyl (C=O) groups is 1. The third-order valence-corrected chi connectivity index (χ3v) is 3.79. The highest BCUT2D eigenvalue weighted by Crippen LogP contribution is 2.45. The lowest BCUT2D eigenvalue weighted by atomic mass is 9.76. The fourth-order valence-electron chi connectivity index (χ4n) is 3.03. The fourth-order valence-corrected chi connectivity index (χ4v) is 3.03. The van der Waals surface area contributed by atoms with Gasteiger partial charge in [0.15, 0.2) is 0 Å². The molecule has 0 aliphatic heterocycles. The minimum Gasteiger partial charge on any atom is -0.481 e. The number of halogens is 1. The van der Waals surface area contributed by atoms with Crippen molar-refractivity contribution in [3.8, 4) is 0 Å². The number of aliphatic carboxylic acids is 1. The first-order chi connectivity index (χ1) is 8.38. The SMILES string of the molecule is CC(C)C(C(=O)O)C1(O)CCc2c(F)cccc21. The second-order valence-electron chi connectivity index (χ2n) is 5.25. The van der Waals surface area contributed by atoms with Crippen molar-refractivity contribution >= 4 is 5.97 Å². The summed E-state index contributed by atoms with van der Waals surface area (Å²) in [6, 6.07) is 4.49. The van der Waals surface area contributed by atoms with Crippen LogP contribution in [-0.4, -0.2) is 16.2 Å². The molecule has 4 heteroatoms. The predicted molar refractivity (Wildman–Crippen MR) is 64.6 cm³/mol. The molecule has 0 bridgehead atoms. The topological polar surface area (TPSA) is 57.5 Å². The van der Waals surface area contributed by atoms with Crippen molar-refractivity contribution in [3.63, 3.8) is 0 Å². The van der Waals surface area contributed by atoms with Gasteiger partial charge in [0.05, 0.1) is 5.92 Å². The second-order valence-corrected chi connectivity index (χ2v) is 5.25. The van der Waals surface area contributed by atoms with Crippen molar-refractivity contribution in [2.45, 2.75) is 32.3 Å². The Morgan fingerprint density at radius 1 is 1.44 bits per heavy atom. The third-order valence-electron chi connectivity index (χ3n) is 3.79. The maximum atomic E-state index is 13.6. The molecule has 1 aromatic rings. The molecule has 2 unspecified atom stereocenters. The van der Waals surface area contributed by atoms with Gasteiger partial charge in [0, 0.05) is 0 Å². The molecule has 0 saturated carbocycles. The Kier molecular flexibility index (Phi) is 3.15. The maximum Gasteiger partial charge on any atom is 0.310 e. The van der Waals surface area contributed by atoms with E-state index in [1.54, 1.807) is 19.9 Å². The van der Waals surface area contributed by atoms with E-state index in [0.717, 1.165) is 0 Å². The zero-order valence-electron chi connectivity index (χ0n) is 10.5. The van der Waals surface area contributed by atoms with Gasteiger partial charge in [-0.15, -0.1) is 0 Å². The molecular weight excluding hydrogens is 235 g/mol. The molecule has 0 amide bonds. The quantitative estimate of drug-likeness (QED) is 0.868. The molecule has 98 valence electrons. The van der Waals surface area contributed by atoms with E-state index in [2.05, 4.69) is 0 Å². The summed E-state index contributed by atoms with van der Waals surface area (Å²) in [5.74, 6) is -2.54. The molecule has 0 radical (unpaired) electrons. The average Bonchev–Trinajstić information content (AvgIpc) is 2.57. The lowest BCUT2D eigenvalue weighted by Crippen LogP contribution is -2.41. The van der Waals surface area contributed by atoms with E-state index in [9.17, 15) is 19.4 Å². The molecule has 18 heavy (non-hydrogen) atoms. The molecule has 1 aliphatic carbocycles. The summed E-state index contributed by atoms with van der Waals surface area (Å²) >= 11 is 0. The van der Waals surface area contributed by atoms with Gasteiger partial charge in [0.2, 0.25) is 0 Å². The van der Waals surface area contributed by atoms with Crippen molar-refractivity contribution in [3.05, 3.63) is 35.1 Å². The number of hydrogen-bond acceptors (Lipinski definition) is 2. The molecule has 0 heterocycles. The first kappa shape index (κ1) is 13.0. The number of aliphatic hydroxyl groups is 1. The van der Waals surface area contributed by atoms with Crippen molar-refractivity contribution in [1.29, 1.82) is 0 Å². The molecular formula is C14H17FO3.